The van der Waals surface area contributed by atoms with Gasteiger partial charge in [-0.05, 0) is 5.56 Å². The van der Waals surface area contributed by atoms with Crippen molar-refractivity contribution in [2.45, 2.75) is 12.8 Å². The van der Waals surface area contributed by atoms with Gasteiger partial charge in [0.2, 0.25) is 0 Å². The molecule has 0 unspecified atom stereocenters. The molecule has 1 aromatic rings. The molecule has 4 heteroatoms. The summed E-state index contributed by atoms with van der Waals surface area (Å²) in [5.41, 5.74) is 1.15. The minimum Gasteiger partial charge on any atom is -0.367 e. The Bertz CT molecular complexity index is 290. The molecule has 0 radical (unpaired) electrons. The molecule has 90 valence electrons. The molecule has 0 aliphatic heterocycles. The van der Waals surface area contributed by atoms with Crippen molar-refractivity contribution in [1.29, 1.82) is 0 Å². The van der Waals surface area contributed by atoms with Crippen LogP contribution in [0.15, 0.2) is 43.0 Å². The van der Waals surface area contributed by atoms with Gasteiger partial charge in [0.15, 0.2) is 6.29 Å². The Labute approximate surface area is 102 Å². The predicted octanol–water partition coefficient (Wildman–Crippen LogP) is 1.41. The summed E-state index contributed by atoms with van der Waals surface area (Å²) in [5.74, 6) is 0. The average molecular weight is 244 g/mol. The Morgan fingerprint density at radius 1 is 1.25 bits per heavy atom. The normalized spacial score (nSPS) is 10.2. The average Bonchev–Trinajstić information content (AvgIpc) is 2.18. The van der Waals surface area contributed by atoms with Crippen molar-refractivity contribution in [2.24, 2.45) is 0 Å². The van der Waals surface area contributed by atoms with Crippen molar-refractivity contribution in [3.8, 4) is 0 Å². The highest BCUT2D eigenvalue weighted by molar-refractivity contribution is 5.85. The van der Waals surface area contributed by atoms with Gasteiger partial charge in [0.05, 0.1) is 0 Å². The van der Waals surface area contributed by atoms with Crippen LogP contribution in [0.1, 0.15) is 5.56 Å². The molecule has 0 saturated heterocycles. The minimum absolute atomic E-state index is 0. The molecule has 0 saturated carbocycles. The van der Waals surface area contributed by atoms with Crippen molar-refractivity contribution >= 4 is 12.4 Å². The van der Waals surface area contributed by atoms with E-state index in [1.54, 1.807) is 6.08 Å². The third kappa shape index (κ3) is 5.88. The summed E-state index contributed by atoms with van der Waals surface area (Å²) in [7, 11) is 0. The molecular weight excluding hydrogens is 226 g/mol. The van der Waals surface area contributed by atoms with Gasteiger partial charge in [0.25, 0.3) is 0 Å². The van der Waals surface area contributed by atoms with Crippen molar-refractivity contribution in [2.75, 3.05) is 13.1 Å². The second-order valence-electron chi connectivity index (χ2n) is 3.45. The fourth-order valence-electron chi connectivity index (χ4n) is 1.46. The molecule has 0 spiro atoms. The molecule has 0 heterocycles. The molecular formula is C12H18ClNO2. The summed E-state index contributed by atoms with van der Waals surface area (Å²) in [6.45, 7) is 5.23. The molecule has 0 aliphatic rings. The first-order valence-electron chi connectivity index (χ1n) is 4.95. The highest BCUT2D eigenvalue weighted by Crippen LogP contribution is 2.04. The Hall–Kier alpha value is -0.870. The van der Waals surface area contributed by atoms with Gasteiger partial charge in [0, 0.05) is 19.6 Å². The number of nitrogens with zero attached hydrogens (tertiary/aromatic N) is 1. The van der Waals surface area contributed by atoms with Gasteiger partial charge in [-0.15, -0.1) is 19.0 Å². The smallest absolute Gasteiger partial charge is 0.164 e. The van der Waals surface area contributed by atoms with Crippen molar-refractivity contribution in [1.82, 2.24) is 4.90 Å². The summed E-state index contributed by atoms with van der Waals surface area (Å²) >= 11 is 0. The number of aliphatic hydroxyl groups excluding tert-OH is 1. The number of hydrogen-bond donors (Lipinski definition) is 2. The van der Waals surface area contributed by atoms with Crippen LogP contribution >= 0.6 is 12.4 Å². The van der Waals surface area contributed by atoms with Gasteiger partial charge in [-0.3, -0.25) is 4.90 Å². The van der Waals surface area contributed by atoms with Crippen LogP contribution in [0.3, 0.4) is 0 Å². The quantitative estimate of drug-likeness (QED) is 0.587. The fourth-order valence-corrected chi connectivity index (χ4v) is 1.46. The van der Waals surface area contributed by atoms with E-state index in [9.17, 15) is 0 Å². The van der Waals surface area contributed by atoms with Gasteiger partial charge in [-0.25, -0.2) is 0 Å². The molecule has 0 fully saturated rings. The third-order valence-corrected chi connectivity index (χ3v) is 2.06. The zero-order valence-corrected chi connectivity index (χ0v) is 9.94. The summed E-state index contributed by atoms with van der Waals surface area (Å²) < 4.78 is 0. The Morgan fingerprint density at radius 3 is 2.38 bits per heavy atom. The second kappa shape index (κ2) is 8.30. The van der Waals surface area contributed by atoms with E-state index in [0.717, 1.165) is 5.56 Å². The maximum atomic E-state index is 8.91. The van der Waals surface area contributed by atoms with E-state index in [-0.39, 0.29) is 19.0 Å². The summed E-state index contributed by atoms with van der Waals surface area (Å²) in [6, 6.07) is 9.93. The minimum atomic E-state index is -1.30. The number of halogens is 1. The topological polar surface area (TPSA) is 43.7 Å². The number of rotatable bonds is 6. The van der Waals surface area contributed by atoms with Crippen molar-refractivity contribution < 1.29 is 10.2 Å². The molecule has 0 aliphatic carbocycles. The summed E-state index contributed by atoms with van der Waals surface area (Å²) in [4.78, 5) is 1.92. The second-order valence-corrected chi connectivity index (χ2v) is 3.45. The van der Waals surface area contributed by atoms with Gasteiger partial charge in [-0.2, -0.15) is 0 Å². The summed E-state index contributed by atoms with van der Waals surface area (Å²) in [6.07, 6.45) is 0.458. The van der Waals surface area contributed by atoms with E-state index in [2.05, 4.69) is 6.58 Å². The van der Waals surface area contributed by atoms with E-state index >= 15 is 0 Å². The lowest BCUT2D eigenvalue weighted by Crippen LogP contribution is -2.32. The van der Waals surface area contributed by atoms with E-state index in [0.29, 0.717) is 13.1 Å². The molecule has 1 rings (SSSR count). The summed E-state index contributed by atoms with van der Waals surface area (Å²) in [5, 5.41) is 17.8. The standard InChI is InChI=1S/C12H17NO2.ClH/c1-2-8-13(10-12(14)15)9-11-6-4-3-5-7-11;/h2-7,12,14-15H,1,8-10H2;1H. The Balaban J connectivity index is 0.00000225. The molecule has 16 heavy (non-hydrogen) atoms. The molecule has 0 amide bonds. The number of aliphatic hydroxyl groups is 2. The first-order chi connectivity index (χ1) is 7.22. The zero-order valence-electron chi connectivity index (χ0n) is 9.12. The van der Waals surface area contributed by atoms with E-state index in [1.165, 1.54) is 0 Å². The van der Waals surface area contributed by atoms with Crippen LogP contribution in [-0.4, -0.2) is 34.5 Å². The van der Waals surface area contributed by atoms with Crippen LogP contribution in [0.4, 0.5) is 0 Å². The number of benzene rings is 1. The first kappa shape index (κ1) is 15.1. The van der Waals surface area contributed by atoms with Crippen LogP contribution < -0.4 is 0 Å². The lowest BCUT2D eigenvalue weighted by molar-refractivity contribution is -0.0608. The largest absolute Gasteiger partial charge is 0.367 e. The molecule has 0 bridgehead atoms. The van der Waals surface area contributed by atoms with E-state index in [4.69, 9.17) is 10.2 Å². The fraction of sp³-hybridized carbons (Fsp3) is 0.333. The highest BCUT2D eigenvalue weighted by Gasteiger charge is 2.07. The van der Waals surface area contributed by atoms with Crippen molar-refractivity contribution in [3.05, 3.63) is 48.6 Å². The zero-order chi connectivity index (χ0) is 11.1. The van der Waals surface area contributed by atoms with Gasteiger partial charge < -0.3 is 10.2 Å². The number of hydrogen-bond acceptors (Lipinski definition) is 3. The molecule has 0 aromatic heterocycles. The predicted molar refractivity (Wildman–Crippen MR) is 67.4 cm³/mol. The van der Waals surface area contributed by atoms with Crippen LogP contribution in [-0.2, 0) is 6.54 Å². The molecule has 2 N–H and O–H groups in total. The molecule has 0 atom stereocenters. The Kier molecular flexibility index (Phi) is 7.85. The van der Waals surface area contributed by atoms with Crippen LogP contribution in [0.5, 0.6) is 0 Å². The maximum Gasteiger partial charge on any atom is 0.164 e. The highest BCUT2D eigenvalue weighted by atomic mass is 35.5. The molecule has 1 aromatic carbocycles. The van der Waals surface area contributed by atoms with Crippen LogP contribution in [0, 0.1) is 0 Å². The lowest BCUT2D eigenvalue weighted by Gasteiger charge is -2.21. The first-order valence-corrected chi connectivity index (χ1v) is 4.95. The van der Waals surface area contributed by atoms with Gasteiger partial charge in [0.1, 0.15) is 0 Å². The van der Waals surface area contributed by atoms with E-state index < -0.39 is 6.29 Å². The third-order valence-electron chi connectivity index (χ3n) is 2.06. The van der Waals surface area contributed by atoms with Crippen molar-refractivity contribution in [3.63, 3.8) is 0 Å². The Morgan fingerprint density at radius 2 is 1.88 bits per heavy atom. The lowest BCUT2D eigenvalue weighted by atomic mass is 10.2. The van der Waals surface area contributed by atoms with Gasteiger partial charge in [-0.1, -0.05) is 36.4 Å². The SMILES string of the molecule is C=CCN(Cc1ccccc1)CC(O)O.Cl. The van der Waals surface area contributed by atoms with E-state index in [1.807, 2.05) is 35.2 Å². The molecule has 3 nitrogen and oxygen atoms in total. The maximum absolute atomic E-state index is 8.91. The van der Waals surface area contributed by atoms with Gasteiger partial charge >= 0.3 is 0 Å². The monoisotopic (exact) mass is 243 g/mol. The van der Waals surface area contributed by atoms with Crippen LogP contribution in [0.25, 0.3) is 0 Å². The van der Waals surface area contributed by atoms with Crippen LogP contribution in [0.2, 0.25) is 0 Å².